The largest absolute Gasteiger partial charge is 0.0971 e. The van der Waals surface area contributed by atoms with Crippen molar-refractivity contribution in [2.24, 2.45) is 0 Å². The Balaban J connectivity index is 1.68. The van der Waals surface area contributed by atoms with Crippen molar-refractivity contribution in [3.8, 4) is 0 Å². The van der Waals surface area contributed by atoms with Gasteiger partial charge in [-0.25, -0.2) is 0 Å². The monoisotopic (exact) mass is 266 g/mol. The Kier molecular flexibility index (Phi) is 5.02. The lowest BCUT2D eigenvalue weighted by Gasteiger charge is -2.42. The SMILES string of the molecule is C1CCC(P(C2CCCCC2)C2CCCC2)CC1. The molecule has 0 aromatic carbocycles. The van der Waals surface area contributed by atoms with Crippen LogP contribution in [0.4, 0.5) is 0 Å². The topological polar surface area (TPSA) is 0 Å². The molecule has 0 bridgehead atoms. The maximum Gasteiger partial charge on any atom is -0.0204 e. The first-order chi connectivity index (χ1) is 8.95. The van der Waals surface area contributed by atoms with Crippen LogP contribution >= 0.6 is 7.92 Å². The molecule has 0 aromatic heterocycles. The van der Waals surface area contributed by atoms with Crippen molar-refractivity contribution in [2.45, 2.75) is 107 Å². The summed E-state index contributed by atoms with van der Waals surface area (Å²) in [6.45, 7) is 0. The summed E-state index contributed by atoms with van der Waals surface area (Å²) in [4.78, 5) is 0. The molecule has 1 heteroatoms. The molecule has 0 N–H and O–H groups in total. The summed E-state index contributed by atoms with van der Waals surface area (Å²) in [6.07, 6.45) is 22.1. The van der Waals surface area contributed by atoms with Crippen LogP contribution in [0.3, 0.4) is 0 Å². The molecule has 0 aromatic rings. The molecule has 3 fully saturated rings. The lowest BCUT2D eigenvalue weighted by molar-refractivity contribution is 0.480. The number of hydrogen-bond acceptors (Lipinski definition) is 0. The summed E-state index contributed by atoms with van der Waals surface area (Å²) in [6, 6.07) is 0. The fourth-order valence-electron chi connectivity index (χ4n) is 4.86. The first-order valence-corrected chi connectivity index (χ1v) is 10.3. The third-order valence-electron chi connectivity index (χ3n) is 5.74. The van der Waals surface area contributed by atoms with Crippen molar-refractivity contribution in [2.75, 3.05) is 0 Å². The summed E-state index contributed by atoms with van der Waals surface area (Å²) in [5.41, 5.74) is 3.59. The highest BCUT2D eigenvalue weighted by atomic mass is 31.1. The summed E-state index contributed by atoms with van der Waals surface area (Å²) in [5, 5.41) is 0. The zero-order chi connectivity index (χ0) is 12.2. The maximum atomic E-state index is 1.61. The molecule has 3 aliphatic carbocycles. The Hall–Kier alpha value is 0.430. The lowest BCUT2D eigenvalue weighted by atomic mass is 9.99. The van der Waals surface area contributed by atoms with E-state index in [1.165, 1.54) is 29.8 Å². The van der Waals surface area contributed by atoms with Crippen LogP contribution in [0.15, 0.2) is 0 Å². The van der Waals surface area contributed by atoms with Crippen LogP contribution in [0.25, 0.3) is 0 Å². The molecule has 0 nitrogen and oxygen atoms in total. The highest BCUT2D eigenvalue weighted by molar-refractivity contribution is 7.60. The van der Waals surface area contributed by atoms with Gasteiger partial charge in [-0.05, 0) is 55.5 Å². The third-order valence-corrected chi connectivity index (χ3v) is 9.82. The van der Waals surface area contributed by atoms with E-state index in [0.717, 1.165) is 0 Å². The first kappa shape index (κ1) is 13.4. The molecule has 0 atom stereocenters. The molecule has 0 amide bonds. The van der Waals surface area contributed by atoms with Gasteiger partial charge in [-0.15, -0.1) is 0 Å². The van der Waals surface area contributed by atoms with Crippen LogP contribution in [0.1, 0.15) is 89.9 Å². The Labute approximate surface area is 115 Å². The second-order valence-electron chi connectivity index (χ2n) is 6.97. The standard InChI is InChI=1S/C17H31P/c1-3-9-15(10-4-1)18(17-13-7-8-14-17)16-11-5-2-6-12-16/h15-17H,1-14H2. The van der Waals surface area contributed by atoms with Crippen LogP contribution in [-0.2, 0) is 0 Å². The highest BCUT2D eigenvalue weighted by Gasteiger charge is 2.37. The quantitative estimate of drug-likeness (QED) is 0.543. The minimum absolute atomic E-state index is 0.402. The highest BCUT2D eigenvalue weighted by Crippen LogP contribution is 2.62. The Morgan fingerprint density at radius 1 is 0.389 bits per heavy atom. The normalized spacial score (nSPS) is 29.2. The summed E-state index contributed by atoms with van der Waals surface area (Å²) in [7, 11) is 0.402. The molecule has 3 rings (SSSR count). The van der Waals surface area contributed by atoms with E-state index in [2.05, 4.69) is 0 Å². The number of hydrogen-bond donors (Lipinski definition) is 0. The first-order valence-electron chi connectivity index (χ1n) is 8.72. The average Bonchev–Trinajstić information content (AvgIpc) is 2.95. The van der Waals surface area contributed by atoms with Crippen molar-refractivity contribution in [1.82, 2.24) is 0 Å². The average molecular weight is 266 g/mol. The molecule has 3 saturated carbocycles. The molecule has 0 radical (unpaired) electrons. The van der Waals surface area contributed by atoms with Crippen LogP contribution in [0.2, 0.25) is 0 Å². The molecule has 0 heterocycles. The molecule has 104 valence electrons. The zero-order valence-corrected chi connectivity index (χ0v) is 13.0. The van der Waals surface area contributed by atoms with Gasteiger partial charge in [-0.2, -0.15) is 0 Å². The summed E-state index contributed by atoms with van der Waals surface area (Å²) >= 11 is 0. The van der Waals surface area contributed by atoms with Gasteiger partial charge in [0.1, 0.15) is 0 Å². The van der Waals surface area contributed by atoms with E-state index < -0.39 is 0 Å². The lowest BCUT2D eigenvalue weighted by Crippen LogP contribution is -2.25. The fraction of sp³-hybridized carbons (Fsp3) is 1.00. The summed E-state index contributed by atoms with van der Waals surface area (Å²) in [5.74, 6) is 0. The van der Waals surface area contributed by atoms with Gasteiger partial charge in [-0.1, -0.05) is 59.3 Å². The molecule has 18 heavy (non-hydrogen) atoms. The molecule has 0 unspecified atom stereocenters. The Bertz CT molecular complexity index is 214. The van der Waals surface area contributed by atoms with Gasteiger partial charge in [0.2, 0.25) is 0 Å². The van der Waals surface area contributed by atoms with Crippen molar-refractivity contribution in [3.63, 3.8) is 0 Å². The molecule has 0 aliphatic heterocycles. The van der Waals surface area contributed by atoms with E-state index in [-0.39, 0.29) is 0 Å². The van der Waals surface area contributed by atoms with Crippen LogP contribution < -0.4 is 0 Å². The second kappa shape index (κ2) is 6.74. The van der Waals surface area contributed by atoms with Crippen LogP contribution in [0, 0.1) is 0 Å². The van der Waals surface area contributed by atoms with Crippen molar-refractivity contribution < 1.29 is 0 Å². The minimum Gasteiger partial charge on any atom is -0.0971 e. The van der Waals surface area contributed by atoms with E-state index >= 15 is 0 Å². The molecule has 3 aliphatic rings. The van der Waals surface area contributed by atoms with Gasteiger partial charge in [0, 0.05) is 0 Å². The van der Waals surface area contributed by atoms with E-state index in [0.29, 0.717) is 7.92 Å². The van der Waals surface area contributed by atoms with Crippen LogP contribution in [0.5, 0.6) is 0 Å². The van der Waals surface area contributed by atoms with Gasteiger partial charge >= 0.3 is 0 Å². The van der Waals surface area contributed by atoms with E-state index in [1.54, 1.807) is 77.0 Å². The van der Waals surface area contributed by atoms with Gasteiger partial charge in [0.05, 0.1) is 0 Å². The molecule has 0 spiro atoms. The number of rotatable bonds is 3. The smallest absolute Gasteiger partial charge is 0.0204 e. The predicted octanol–water partition coefficient (Wildman–Crippen LogP) is 6.08. The Morgan fingerprint density at radius 2 is 0.667 bits per heavy atom. The van der Waals surface area contributed by atoms with Gasteiger partial charge in [0.15, 0.2) is 0 Å². The Morgan fingerprint density at radius 3 is 1.00 bits per heavy atom. The molecular weight excluding hydrogens is 235 g/mol. The van der Waals surface area contributed by atoms with Crippen molar-refractivity contribution in [1.29, 1.82) is 0 Å². The maximum absolute atomic E-state index is 1.61. The fourth-order valence-corrected chi connectivity index (χ4v) is 9.53. The van der Waals surface area contributed by atoms with E-state index in [9.17, 15) is 0 Å². The second-order valence-corrected chi connectivity index (χ2v) is 10.1. The molecular formula is C17H31P. The third kappa shape index (κ3) is 3.12. The summed E-state index contributed by atoms with van der Waals surface area (Å²) < 4.78 is 0. The van der Waals surface area contributed by atoms with Crippen LogP contribution in [-0.4, -0.2) is 17.0 Å². The van der Waals surface area contributed by atoms with Crippen molar-refractivity contribution in [3.05, 3.63) is 0 Å². The zero-order valence-electron chi connectivity index (χ0n) is 12.1. The van der Waals surface area contributed by atoms with Gasteiger partial charge in [-0.3, -0.25) is 0 Å². The molecule has 0 saturated heterocycles. The predicted molar refractivity (Wildman–Crippen MR) is 82.9 cm³/mol. The van der Waals surface area contributed by atoms with E-state index in [1.807, 2.05) is 0 Å². The van der Waals surface area contributed by atoms with Gasteiger partial charge < -0.3 is 0 Å². The van der Waals surface area contributed by atoms with Crippen molar-refractivity contribution >= 4 is 7.92 Å². The van der Waals surface area contributed by atoms with E-state index in [4.69, 9.17) is 0 Å². The minimum atomic E-state index is 0.402. The van der Waals surface area contributed by atoms with Gasteiger partial charge in [0.25, 0.3) is 0 Å².